The smallest absolute Gasteiger partial charge is 0.315 e. The van der Waals surface area contributed by atoms with Gasteiger partial charge in [-0.1, -0.05) is 19.1 Å². The lowest BCUT2D eigenvalue weighted by atomic mass is 9.55. The van der Waals surface area contributed by atoms with Crippen LogP contribution in [0.25, 0.3) is 10.9 Å². The van der Waals surface area contributed by atoms with Gasteiger partial charge >= 0.3 is 5.97 Å². The van der Waals surface area contributed by atoms with E-state index in [-0.39, 0.29) is 23.4 Å². The van der Waals surface area contributed by atoms with E-state index in [4.69, 9.17) is 9.47 Å². The Morgan fingerprint density at radius 2 is 2.26 bits per heavy atom. The number of aromatic amines is 1. The Kier molecular flexibility index (Phi) is 5.33. The molecule has 1 aromatic carbocycles. The topological polar surface area (TPSA) is 67.9 Å². The fraction of sp³-hybridized carbons (Fsp3) is 0.577. The number of hydrogen-bond donors (Lipinski definition) is 2. The molecule has 31 heavy (non-hydrogen) atoms. The molecule has 0 radical (unpaired) electrons. The minimum atomic E-state index is 0.0207. The van der Waals surface area contributed by atoms with Gasteiger partial charge in [0.05, 0.1) is 20.2 Å². The first-order valence-corrected chi connectivity index (χ1v) is 11.8. The average molecular weight is 424 g/mol. The van der Waals surface area contributed by atoms with Crippen LogP contribution in [-0.2, 0) is 16.0 Å². The van der Waals surface area contributed by atoms with Crippen molar-refractivity contribution in [1.29, 1.82) is 0 Å². The predicted molar refractivity (Wildman–Crippen MR) is 121 cm³/mol. The van der Waals surface area contributed by atoms with Gasteiger partial charge in [-0.15, -0.1) is 0 Å². The Morgan fingerprint density at radius 1 is 1.39 bits per heavy atom. The fourth-order valence-corrected chi connectivity index (χ4v) is 6.57. The zero-order valence-electron chi connectivity index (χ0n) is 18.8. The van der Waals surface area contributed by atoms with E-state index in [1.165, 1.54) is 29.4 Å². The number of carbonyl (C=O) groups excluding carboxylic acids is 1. The molecular formula is C26H35N2O3+. The fourth-order valence-electron chi connectivity index (χ4n) is 6.57. The highest BCUT2D eigenvalue weighted by atomic mass is 16.6. The van der Waals surface area contributed by atoms with Crippen LogP contribution in [0.15, 0.2) is 36.5 Å². The van der Waals surface area contributed by atoms with Crippen LogP contribution in [0.5, 0.6) is 5.75 Å². The summed E-state index contributed by atoms with van der Waals surface area (Å²) in [6.45, 7) is 8.57. The number of carbonyl (C=O) groups is 1. The quantitative estimate of drug-likeness (QED) is 0.424. The first kappa shape index (κ1) is 20.6. The van der Waals surface area contributed by atoms with E-state index in [1.54, 1.807) is 7.11 Å². The van der Waals surface area contributed by atoms with Gasteiger partial charge < -0.3 is 19.8 Å². The van der Waals surface area contributed by atoms with Crippen LogP contribution < -0.4 is 10.1 Å². The number of hydrogen-bond acceptors (Lipinski definition) is 3. The zero-order chi connectivity index (χ0) is 21.6. The molecule has 1 aliphatic heterocycles. The number of allylic oxidation sites excluding steroid dienone is 1. The molecule has 1 aromatic heterocycles. The second kappa shape index (κ2) is 8.01. The molecule has 2 heterocycles. The number of H-pyrrole nitrogens is 1. The summed E-state index contributed by atoms with van der Waals surface area (Å²) >= 11 is 0. The van der Waals surface area contributed by atoms with E-state index < -0.39 is 0 Å². The molecule has 2 aliphatic carbocycles. The molecule has 166 valence electrons. The van der Waals surface area contributed by atoms with E-state index in [9.17, 15) is 4.79 Å². The van der Waals surface area contributed by atoms with Gasteiger partial charge in [0.25, 0.3) is 0 Å². The zero-order valence-corrected chi connectivity index (χ0v) is 18.8. The summed E-state index contributed by atoms with van der Waals surface area (Å²) in [5.74, 6) is 1.84. The van der Waals surface area contributed by atoms with Crippen molar-refractivity contribution >= 4 is 16.9 Å². The van der Waals surface area contributed by atoms with Crippen molar-refractivity contribution in [2.24, 2.45) is 23.2 Å². The van der Waals surface area contributed by atoms with Crippen molar-refractivity contribution < 1.29 is 19.6 Å². The number of quaternary nitrogens is 1. The SMILES string of the molecule is C=C1CCC[C@]2(C)C[C@H]3OC(=O)[C@H](C[NH2+]CCc4c[nH]c5ccc(OC)cc45)[C@H]3C[C@H]12. The molecule has 3 aliphatic rings. The van der Waals surface area contributed by atoms with E-state index in [0.29, 0.717) is 11.8 Å². The van der Waals surface area contributed by atoms with E-state index in [2.05, 4.69) is 42.1 Å². The lowest BCUT2D eigenvalue weighted by Gasteiger charge is -2.49. The van der Waals surface area contributed by atoms with Crippen LogP contribution in [0.4, 0.5) is 0 Å². The maximum absolute atomic E-state index is 12.7. The first-order valence-electron chi connectivity index (χ1n) is 11.8. The number of fused-ring (bicyclic) bond motifs is 3. The molecule has 2 saturated carbocycles. The maximum atomic E-state index is 12.7. The highest BCUT2D eigenvalue weighted by Gasteiger charge is 2.55. The molecule has 5 nitrogen and oxygen atoms in total. The molecule has 5 rings (SSSR count). The van der Waals surface area contributed by atoms with Gasteiger partial charge in [0.2, 0.25) is 0 Å². The van der Waals surface area contributed by atoms with Gasteiger partial charge in [-0.3, -0.25) is 4.79 Å². The van der Waals surface area contributed by atoms with Crippen LogP contribution >= 0.6 is 0 Å². The molecule has 0 bridgehead atoms. The first-order chi connectivity index (χ1) is 15.0. The Balaban J connectivity index is 1.20. The van der Waals surface area contributed by atoms with Gasteiger partial charge in [0, 0.05) is 29.4 Å². The number of aromatic nitrogens is 1. The van der Waals surface area contributed by atoms with Gasteiger partial charge in [0.1, 0.15) is 17.8 Å². The summed E-state index contributed by atoms with van der Waals surface area (Å²) < 4.78 is 11.3. The van der Waals surface area contributed by atoms with Crippen molar-refractivity contribution in [2.45, 2.75) is 51.6 Å². The van der Waals surface area contributed by atoms with Gasteiger partial charge in [0.15, 0.2) is 0 Å². The monoisotopic (exact) mass is 423 g/mol. The van der Waals surface area contributed by atoms with Crippen LogP contribution in [0, 0.1) is 23.2 Å². The predicted octanol–water partition coefficient (Wildman–Crippen LogP) is 3.60. The molecule has 5 heteroatoms. The third-order valence-electron chi connectivity index (χ3n) is 8.33. The molecule has 1 saturated heterocycles. The molecule has 3 fully saturated rings. The van der Waals surface area contributed by atoms with Crippen LogP contribution in [0.3, 0.4) is 0 Å². The third-order valence-corrected chi connectivity index (χ3v) is 8.33. The Hall–Kier alpha value is -2.27. The minimum absolute atomic E-state index is 0.0207. The molecule has 3 N–H and O–H groups in total. The second-order valence-corrected chi connectivity index (χ2v) is 10.2. The van der Waals surface area contributed by atoms with E-state index in [1.807, 2.05) is 6.07 Å². The number of methoxy groups -OCH3 is 1. The summed E-state index contributed by atoms with van der Waals surface area (Å²) in [5, 5.41) is 3.52. The van der Waals surface area contributed by atoms with Crippen molar-refractivity contribution in [1.82, 2.24) is 4.98 Å². The molecular weight excluding hydrogens is 388 g/mol. The van der Waals surface area contributed by atoms with Gasteiger partial charge in [-0.05, 0) is 67.2 Å². The lowest BCUT2D eigenvalue weighted by Crippen LogP contribution is -2.86. The third kappa shape index (κ3) is 3.67. The number of esters is 1. The van der Waals surface area contributed by atoms with Crippen molar-refractivity contribution in [3.05, 3.63) is 42.1 Å². The largest absolute Gasteiger partial charge is 0.497 e. The van der Waals surface area contributed by atoms with E-state index in [0.717, 1.165) is 50.0 Å². The number of benzene rings is 1. The minimum Gasteiger partial charge on any atom is -0.497 e. The lowest BCUT2D eigenvalue weighted by molar-refractivity contribution is -0.658. The molecule has 0 unspecified atom stereocenters. The summed E-state index contributed by atoms with van der Waals surface area (Å²) in [6, 6.07) is 6.13. The number of ether oxygens (including phenoxy) is 2. The summed E-state index contributed by atoms with van der Waals surface area (Å²) in [7, 11) is 1.70. The average Bonchev–Trinajstić information content (AvgIpc) is 3.29. The standard InChI is InChI=1S/C26H34N2O3/c1-16-5-4-9-26(2)13-24-20(12-22(16)26)21(25(29)31-24)15-27-10-8-17-14-28-23-7-6-18(30-3)11-19(17)23/h6-7,11,14,20-22,24,27-28H,1,4-5,8-10,12-13,15H2,2-3H3/p+1/t20-,21-,22-,24-,26-/m1/s1. The summed E-state index contributed by atoms with van der Waals surface area (Å²) in [4.78, 5) is 16.1. The van der Waals surface area contributed by atoms with E-state index >= 15 is 0 Å². The Bertz CT molecular complexity index is 996. The van der Waals surface area contributed by atoms with Crippen molar-refractivity contribution in [3.8, 4) is 5.75 Å². The Labute approximate surface area is 184 Å². The maximum Gasteiger partial charge on any atom is 0.315 e. The van der Waals surface area contributed by atoms with Crippen LogP contribution in [0.1, 0.15) is 44.6 Å². The Morgan fingerprint density at radius 3 is 3.10 bits per heavy atom. The summed E-state index contributed by atoms with van der Waals surface area (Å²) in [5.41, 5.74) is 4.11. The molecule has 5 atom stereocenters. The van der Waals surface area contributed by atoms with Crippen molar-refractivity contribution in [3.63, 3.8) is 0 Å². The molecule has 0 amide bonds. The van der Waals surface area contributed by atoms with Crippen LogP contribution in [0.2, 0.25) is 0 Å². The van der Waals surface area contributed by atoms with Gasteiger partial charge in [-0.25, -0.2) is 0 Å². The number of rotatable bonds is 6. The number of nitrogens with one attached hydrogen (secondary N) is 1. The van der Waals surface area contributed by atoms with Crippen LogP contribution in [-0.4, -0.2) is 37.3 Å². The van der Waals surface area contributed by atoms with Crippen molar-refractivity contribution in [2.75, 3.05) is 20.2 Å². The highest BCUT2D eigenvalue weighted by molar-refractivity contribution is 5.84. The highest BCUT2D eigenvalue weighted by Crippen LogP contribution is 2.56. The van der Waals surface area contributed by atoms with Gasteiger partial charge in [-0.2, -0.15) is 0 Å². The normalized spacial score (nSPS) is 32.6. The number of nitrogens with two attached hydrogens (primary N) is 1. The summed E-state index contributed by atoms with van der Waals surface area (Å²) in [6.07, 6.45) is 8.87. The second-order valence-electron chi connectivity index (χ2n) is 10.2. The molecule has 2 aromatic rings. The molecule has 0 spiro atoms.